The lowest BCUT2D eigenvalue weighted by molar-refractivity contribution is -0.141. The summed E-state index contributed by atoms with van der Waals surface area (Å²) >= 11 is 0. The minimum atomic E-state index is -0.734. The van der Waals surface area contributed by atoms with Crippen molar-refractivity contribution in [2.45, 2.75) is 26.2 Å². The third-order valence-electron chi connectivity index (χ3n) is 3.71. The van der Waals surface area contributed by atoms with Crippen LogP contribution in [0.15, 0.2) is 36.7 Å². The standard InChI is InChI=1S/C16H20N2O2/c1-12-5-3-4-6-13(12)11-14(16(19)20)7-8-15-17-9-10-18(15)2/h3-6,9-10,14H,7-8,11H2,1-2H3,(H,19,20). The number of aryl methyl sites for hydroxylation is 3. The first-order chi connectivity index (χ1) is 9.58. The minimum Gasteiger partial charge on any atom is -0.481 e. The lowest BCUT2D eigenvalue weighted by Gasteiger charge is -2.14. The number of aromatic nitrogens is 2. The van der Waals surface area contributed by atoms with Crippen molar-refractivity contribution in [2.24, 2.45) is 13.0 Å². The maximum Gasteiger partial charge on any atom is 0.306 e. The summed E-state index contributed by atoms with van der Waals surface area (Å²) in [4.78, 5) is 15.7. The molecule has 1 unspecified atom stereocenters. The molecule has 20 heavy (non-hydrogen) atoms. The maximum atomic E-state index is 11.4. The second-order valence-electron chi connectivity index (χ2n) is 5.16. The SMILES string of the molecule is Cc1ccccc1CC(CCc1nccn1C)C(=O)O. The van der Waals surface area contributed by atoms with Crippen LogP contribution in [0.1, 0.15) is 23.4 Å². The van der Waals surface area contributed by atoms with Crippen molar-refractivity contribution in [3.63, 3.8) is 0 Å². The third-order valence-corrected chi connectivity index (χ3v) is 3.71. The van der Waals surface area contributed by atoms with E-state index in [1.807, 2.05) is 49.0 Å². The van der Waals surface area contributed by atoms with Crippen LogP contribution < -0.4 is 0 Å². The van der Waals surface area contributed by atoms with E-state index in [1.54, 1.807) is 6.20 Å². The number of carbonyl (C=O) groups is 1. The normalized spacial score (nSPS) is 12.3. The Kier molecular flexibility index (Phi) is 4.56. The lowest BCUT2D eigenvalue weighted by Crippen LogP contribution is -2.18. The number of carboxylic acid groups (broad SMARTS) is 1. The van der Waals surface area contributed by atoms with Gasteiger partial charge in [0, 0.05) is 25.9 Å². The zero-order chi connectivity index (χ0) is 14.5. The molecule has 0 saturated carbocycles. The van der Waals surface area contributed by atoms with Gasteiger partial charge < -0.3 is 9.67 Å². The molecule has 2 aromatic rings. The van der Waals surface area contributed by atoms with Gasteiger partial charge in [-0.2, -0.15) is 0 Å². The van der Waals surface area contributed by atoms with E-state index in [9.17, 15) is 9.90 Å². The van der Waals surface area contributed by atoms with Gasteiger partial charge in [-0.25, -0.2) is 4.98 Å². The molecule has 0 amide bonds. The van der Waals surface area contributed by atoms with Crippen LogP contribution in [0.25, 0.3) is 0 Å². The Balaban J connectivity index is 2.03. The Hall–Kier alpha value is -2.10. The summed E-state index contributed by atoms with van der Waals surface area (Å²) < 4.78 is 1.94. The molecule has 1 aromatic heterocycles. The molecule has 1 atom stereocenters. The van der Waals surface area contributed by atoms with Crippen LogP contribution in [-0.2, 0) is 24.7 Å². The average Bonchev–Trinajstić information content (AvgIpc) is 2.82. The Morgan fingerprint density at radius 1 is 1.40 bits per heavy atom. The number of hydrogen-bond acceptors (Lipinski definition) is 2. The van der Waals surface area contributed by atoms with E-state index in [4.69, 9.17) is 0 Å². The lowest BCUT2D eigenvalue weighted by atomic mass is 9.92. The minimum absolute atomic E-state index is 0.368. The van der Waals surface area contributed by atoms with E-state index in [0.29, 0.717) is 19.3 Å². The van der Waals surface area contributed by atoms with Crippen molar-refractivity contribution in [3.8, 4) is 0 Å². The molecule has 0 fully saturated rings. The van der Waals surface area contributed by atoms with Gasteiger partial charge >= 0.3 is 5.97 Å². The predicted molar refractivity (Wildman–Crippen MR) is 77.5 cm³/mol. The molecule has 4 heteroatoms. The molecule has 0 radical (unpaired) electrons. The van der Waals surface area contributed by atoms with Gasteiger partial charge in [-0.05, 0) is 30.9 Å². The number of nitrogens with zero attached hydrogens (tertiary/aromatic N) is 2. The third kappa shape index (κ3) is 3.47. The van der Waals surface area contributed by atoms with Crippen molar-refractivity contribution in [1.29, 1.82) is 0 Å². The molecule has 0 aliphatic carbocycles. The zero-order valence-electron chi connectivity index (χ0n) is 11.9. The molecule has 1 aromatic carbocycles. The quantitative estimate of drug-likeness (QED) is 0.879. The number of hydrogen-bond donors (Lipinski definition) is 1. The van der Waals surface area contributed by atoms with Crippen LogP contribution in [0, 0.1) is 12.8 Å². The van der Waals surface area contributed by atoms with Crippen LogP contribution >= 0.6 is 0 Å². The van der Waals surface area contributed by atoms with Crippen LogP contribution in [0.5, 0.6) is 0 Å². The van der Waals surface area contributed by atoms with Gasteiger partial charge in [0.25, 0.3) is 0 Å². The molecular weight excluding hydrogens is 252 g/mol. The van der Waals surface area contributed by atoms with Crippen molar-refractivity contribution in [3.05, 3.63) is 53.6 Å². The molecule has 0 aliphatic rings. The molecule has 0 spiro atoms. The summed E-state index contributed by atoms with van der Waals surface area (Å²) in [6, 6.07) is 7.96. The summed E-state index contributed by atoms with van der Waals surface area (Å²) in [5, 5.41) is 9.40. The number of rotatable bonds is 6. The molecule has 0 bridgehead atoms. The van der Waals surface area contributed by atoms with Gasteiger partial charge in [-0.1, -0.05) is 24.3 Å². The molecule has 0 aliphatic heterocycles. The van der Waals surface area contributed by atoms with Crippen molar-refractivity contribution in [1.82, 2.24) is 9.55 Å². The van der Waals surface area contributed by atoms with Gasteiger partial charge in [0.05, 0.1) is 5.92 Å². The Labute approximate surface area is 119 Å². The van der Waals surface area contributed by atoms with Crippen molar-refractivity contribution < 1.29 is 9.90 Å². The Morgan fingerprint density at radius 2 is 2.15 bits per heavy atom. The molecular formula is C16H20N2O2. The van der Waals surface area contributed by atoms with E-state index in [1.165, 1.54) is 0 Å². The summed E-state index contributed by atoms with van der Waals surface area (Å²) in [5.74, 6) is -0.170. The van der Waals surface area contributed by atoms with Gasteiger partial charge in [-0.3, -0.25) is 4.79 Å². The van der Waals surface area contributed by atoms with Crippen LogP contribution in [0.2, 0.25) is 0 Å². The smallest absolute Gasteiger partial charge is 0.306 e. The molecule has 0 saturated heterocycles. The fraction of sp³-hybridized carbons (Fsp3) is 0.375. The zero-order valence-corrected chi connectivity index (χ0v) is 11.9. The molecule has 4 nitrogen and oxygen atoms in total. The molecule has 106 valence electrons. The fourth-order valence-electron chi connectivity index (χ4n) is 2.36. The monoisotopic (exact) mass is 272 g/mol. The van der Waals surface area contributed by atoms with Crippen molar-refractivity contribution >= 4 is 5.97 Å². The second kappa shape index (κ2) is 6.37. The van der Waals surface area contributed by atoms with E-state index < -0.39 is 5.97 Å². The first-order valence-corrected chi connectivity index (χ1v) is 6.81. The topological polar surface area (TPSA) is 55.1 Å². The van der Waals surface area contributed by atoms with E-state index in [0.717, 1.165) is 17.0 Å². The van der Waals surface area contributed by atoms with E-state index >= 15 is 0 Å². The van der Waals surface area contributed by atoms with E-state index in [-0.39, 0.29) is 5.92 Å². The van der Waals surface area contributed by atoms with E-state index in [2.05, 4.69) is 4.98 Å². The molecule has 2 rings (SSSR count). The summed E-state index contributed by atoms with van der Waals surface area (Å²) in [7, 11) is 1.93. The van der Waals surface area contributed by atoms with Crippen LogP contribution in [0.4, 0.5) is 0 Å². The first-order valence-electron chi connectivity index (χ1n) is 6.81. The highest BCUT2D eigenvalue weighted by molar-refractivity contribution is 5.70. The largest absolute Gasteiger partial charge is 0.481 e. The van der Waals surface area contributed by atoms with Gasteiger partial charge in [0.1, 0.15) is 5.82 Å². The summed E-state index contributed by atoms with van der Waals surface area (Å²) in [6.07, 6.45) is 5.49. The highest BCUT2D eigenvalue weighted by Crippen LogP contribution is 2.18. The molecule has 1 N–H and O–H groups in total. The fourth-order valence-corrected chi connectivity index (χ4v) is 2.36. The summed E-state index contributed by atoms with van der Waals surface area (Å²) in [6.45, 7) is 2.02. The number of benzene rings is 1. The predicted octanol–water partition coefficient (Wildman–Crippen LogP) is 2.60. The van der Waals surface area contributed by atoms with Crippen molar-refractivity contribution in [2.75, 3.05) is 0 Å². The molecule has 1 heterocycles. The van der Waals surface area contributed by atoms with Crippen LogP contribution in [-0.4, -0.2) is 20.6 Å². The number of carboxylic acids is 1. The van der Waals surface area contributed by atoms with Crippen LogP contribution in [0.3, 0.4) is 0 Å². The maximum absolute atomic E-state index is 11.4. The van der Waals surface area contributed by atoms with Gasteiger partial charge in [0.15, 0.2) is 0 Å². The second-order valence-corrected chi connectivity index (χ2v) is 5.16. The Bertz CT molecular complexity index is 590. The van der Waals surface area contributed by atoms with Gasteiger partial charge in [-0.15, -0.1) is 0 Å². The summed E-state index contributed by atoms with van der Waals surface area (Å²) in [5.41, 5.74) is 2.26. The highest BCUT2D eigenvalue weighted by Gasteiger charge is 2.19. The number of imidazole rings is 1. The number of aliphatic carboxylic acids is 1. The highest BCUT2D eigenvalue weighted by atomic mass is 16.4. The Morgan fingerprint density at radius 3 is 2.75 bits per heavy atom. The van der Waals surface area contributed by atoms with Gasteiger partial charge in [0.2, 0.25) is 0 Å². The average molecular weight is 272 g/mol. The first kappa shape index (κ1) is 14.3.